The molecule has 1 N–H and O–H groups in total. The SMILES string of the molecule is O=C(NC1CCc2nc(-c3ccccc3)ncc2C1)C1CC(=O)N(c2cccc(C(F)(F)F)c2)C1. The van der Waals surface area contributed by atoms with Gasteiger partial charge in [-0.25, -0.2) is 9.97 Å². The van der Waals surface area contributed by atoms with Crippen LogP contribution in [0.3, 0.4) is 0 Å². The molecular weight excluding hydrogens is 457 g/mol. The van der Waals surface area contributed by atoms with Crippen LogP contribution in [0.15, 0.2) is 60.8 Å². The third-order valence-corrected chi connectivity index (χ3v) is 6.51. The monoisotopic (exact) mass is 480 g/mol. The van der Waals surface area contributed by atoms with Crippen LogP contribution in [0.5, 0.6) is 0 Å². The van der Waals surface area contributed by atoms with Crippen molar-refractivity contribution in [2.24, 2.45) is 5.92 Å². The second-order valence-corrected chi connectivity index (χ2v) is 8.93. The van der Waals surface area contributed by atoms with Gasteiger partial charge in [-0.1, -0.05) is 36.4 Å². The zero-order chi connectivity index (χ0) is 24.6. The van der Waals surface area contributed by atoms with Gasteiger partial charge in [-0.2, -0.15) is 13.2 Å². The van der Waals surface area contributed by atoms with E-state index in [0.717, 1.165) is 29.0 Å². The highest BCUT2D eigenvalue weighted by Crippen LogP contribution is 2.33. The number of benzene rings is 2. The van der Waals surface area contributed by atoms with E-state index in [1.807, 2.05) is 30.3 Å². The lowest BCUT2D eigenvalue weighted by atomic mass is 9.92. The fourth-order valence-electron chi connectivity index (χ4n) is 4.66. The van der Waals surface area contributed by atoms with E-state index in [4.69, 9.17) is 4.98 Å². The van der Waals surface area contributed by atoms with Gasteiger partial charge in [-0.3, -0.25) is 9.59 Å². The predicted molar refractivity (Wildman–Crippen MR) is 123 cm³/mol. The number of anilines is 1. The molecule has 0 radical (unpaired) electrons. The molecule has 1 aromatic heterocycles. The molecule has 1 saturated heterocycles. The Morgan fingerprint density at radius 2 is 1.86 bits per heavy atom. The van der Waals surface area contributed by atoms with E-state index in [2.05, 4.69) is 10.3 Å². The summed E-state index contributed by atoms with van der Waals surface area (Å²) in [6.45, 7) is 0.0544. The highest BCUT2D eigenvalue weighted by atomic mass is 19.4. The van der Waals surface area contributed by atoms with Gasteiger partial charge in [0.2, 0.25) is 11.8 Å². The molecule has 0 saturated carbocycles. The number of aryl methyl sites for hydroxylation is 1. The molecule has 1 fully saturated rings. The number of carbonyl (C=O) groups is 2. The van der Waals surface area contributed by atoms with Crippen LogP contribution in [0.2, 0.25) is 0 Å². The van der Waals surface area contributed by atoms with Gasteiger partial charge >= 0.3 is 6.18 Å². The van der Waals surface area contributed by atoms with Crippen LogP contribution in [-0.2, 0) is 28.6 Å². The topological polar surface area (TPSA) is 75.2 Å². The van der Waals surface area contributed by atoms with Crippen LogP contribution in [0.25, 0.3) is 11.4 Å². The van der Waals surface area contributed by atoms with Crippen LogP contribution >= 0.6 is 0 Å². The fourth-order valence-corrected chi connectivity index (χ4v) is 4.66. The number of rotatable bonds is 4. The first-order valence-corrected chi connectivity index (χ1v) is 11.5. The maximum atomic E-state index is 13.1. The van der Waals surface area contributed by atoms with Gasteiger partial charge in [0.15, 0.2) is 5.82 Å². The largest absolute Gasteiger partial charge is 0.416 e. The van der Waals surface area contributed by atoms with Crippen molar-refractivity contribution in [3.05, 3.63) is 77.6 Å². The first kappa shape index (κ1) is 23.0. The molecule has 9 heteroatoms. The van der Waals surface area contributed by atoms with E-state index >= 15 is 0 Å². The van der Waals surface area contributed by atoms with Crippen molar-refractivity contribution in [3.8, 4) is 11.4 Å². The molecule has 3 aromatic rings. The number of aromatic nitrogens is 2. The van der Waals surface area contributed by atoms with Gasteiger partial charge < -0.3 is 10.2 Å². The number of alkyl halides is 3. The average Bonchev–Trinajstić information content (AvgIpc) is 3.25. The van der Waals surface area contributed by atoms with Crippen molar-refractivity contribution < 1.29 is 22.8 Å². The number of nitrogens with one attached hydrogen (secondary N) is 1. The summed E-state index contributed by atoms with van der Waals surface area (Å²) in [5.74, 6) is -0.565. The molecular formula is C26H23F3N4O2. The maximum absolute atomic E-state index is 13.1. The standard InChI is InChI=1S/C26H23F3N4O2/c27-26(28,29)19-7-4-8-21(13-19)33-15-18(12-23(33)34)25(35)31-20-9-10-22-17(11-20)14-30-24(32-22)16-5-2-1-3-6-16/h1-8,13-14,18,20H,9-12,15H2,(H,31,35). The lowest BCUT2D eigenvalue weighted by Gasteiger charge is -2.26. The first-order chi connectivity index (χ1) is 16.8. The number of carbonyl (C=O) groups excluding carboxylic acids is 2. The van der Waals surface area contributed by atoms with Gasteiger partial charge in [-0.05, 0) is 43.0 Å². The minimum atomic E-state index is -4.50. The third kappa shape index (κ3) is 4.89. The minimum Gasteiger partial charge on any atom is -0.353 e. The van der Waals surface area contributed by atoms with Gasteiger partial charge in [-0.15, -0.1) is 0 Å². The van der Waals surface area contributed by atoms with Crippen LogP contribution in [0, 0.1) is 5.92 Å². The summed E-state index contributed by atoms with van der Waals surface area (Å²) in [6, 6.07) is 14.2. The Morgan fingerprint density at radius 1 is 1.06 bits per heavy atom. The molecule has 1 aliphatic heterocycles. The molecule has 1 aliphatic carbocycles. The molecule has 0 spiro atoms. The maximum Gasteiger partial charge on any atom is 0.416 e. The summed E-state index contributed by atoms with van der Waals surface area (Å²) < 4.78 is 39.2. The average molecular weight is 480 g/mol. The van der Waals surface area contributed by atoms with E-state index in [-0.39, 0.29) is 36.5 Å². The molecule has 5 rings (SSSR count). The van der Waals surface area contributed by atoms with E-state index in [1.54, 1.807) is 6.20 Å². The molecule has 35 heavy (non-hydrogen) atoms. The Morgan fingerprint density at radius 3 is 2.63 bits per heavy atom. The number of amides is 2. The number of fused-ring (bicyclic) bond motifs is 1. The molecule has 180 valence electrons. The normalized spacial score (nSPS) is 20.0. The first-order valence-electron chi connectivity index (χ1n) is 11.5. The van der Waals surface area contributed by atoms with Crippen molar-refractivity contribution in [1.29, 1.82) is 0 Å². The predicted octanol–water partition coefficient (Wildman–Crippen LogP) is 4.19. The van der Waals surface area contributed by atoms with Gasteiger partial charge in [0.05, 0.1) is 11.5 Å². The van der Waals surface area contributed by atoms with Gasteiger partial charge in [0, 0.05) is 42.1 Å². The molecule has 2 aromatic carbocycles. The summed E-state index contributed by atoms with van der Waals surface area (Å²) >= 11 is 0. The lowest BCUT2D eigenvalue weighted by Crippen LogP contribution is -2.42. The second-order valence-electron chi connectivity index (χ2n) is 8.93. The summed E-state index contributed by atoms with van der Waals surface area (Å²) in [7, 11) is 0. The number of nitrogens with zero attached hydrogens (tertiary/aromatic N) is 3. The highest BCUT2D eigenvalue weighted by molar-refractivity contribution is 6.00. The Bertz CT molecular complexity index is 1260. The lowest BCUT2D eigenvalue weighted by molar-refractivity contribution is -0.137. The van der Waals surface area contributed by atoms with Crippen molar-refractivity contribution in [3.63, 3.8) is 0 Å². The van der Waals surface area contributed by atoms with Crippen molar-refractivity contribution in [1.82, 2.24) is 15.3 Å². The van der Waals surface area contributed by atoms with Crippen LogP contribution in [-0.4, -0.2) is 34.4 Å². The van der Waals surface area contributed by atoms with Gasteiger partial charge in [0.1, 0.15) is 0 Å². The van der Waals surface area contributed by atoms with E-state index in [0.29, 0.717) is 25.1 Å². The number of hydrogen-bond acceptors (Lipinski definition) is 4. The minimum absolute atomic E-state index is 0.0328. The van der Waals surface area contributed by atoms with Gasteiger partial charge in [0.25, 0.3) is 0 Å². The number of halogens is 3. The molecule has 6 nitrogen and oxygen atoms in total. The van der Waals surface area contributed by atoms with E-state index in [9.17, 15) is 22.8 Å². The van der Waals surface area contributed by atoms with Crippen molar-refractivity contribution in [2.45, 2.75) is 37.9 Å². The number of hydrogen-bond donors (Lipinski definition) is 1. The molecule has 2 amide bonds. The van der Waals surface area contributed by atoms with Crippen LogP contribution in [0.1, 0.15) is 29.7 Å². The van der Waals surface area contributed by atoms with E-state index < -0.39 is 17.7 Å². The smallest absolute Gasteiger partial charge is 0.353 e. The Labute approximate surface area is 200 Å². The summed E-state index contributed by atoms with van der Waals surface area (Å²) in [5.41, 5.74) is 2.22. The van der Waals surface area contributed by atoms with Crippen molar-refractivity contribution in [2.75, 3.05) is 11.4 Å². The van der Waals surface area contributed by atoms with E-state index in [1.165, 1.54) is 17.0 Å². The van der Waals surface area contributed by atoms with Crippen molar-refractivity contribution >= 4 is 17.5 Å². The second kappa shape index (κ2) is 9.13. The zero-order valence-electron chi connectivity index (χ0n) is 18.8. The Balaban J connectivity index is 1.22. The molecule has 2 heterocycles. The molecule has 0 bridgehead atoms. The fraction of sp³-hybridized carbons (Fsp3) is 0.308. The zero-order valence-corrected chi connectivity index (χ0v) is 18.8. The summed E-state index contributed by atoms with van der Waals surface area (Å²) in [6.07, 6.45) is -0.733. The summed E-state index contributed by atoms with van der Waals surface area (Å²) in [5, 5.41) is 3.02. The Kier molecular flexibility index (Phi) is 6.00. The highest BCUT2D eigenvalue weighted by Gasteiger charge is 2.37. The quantitative estimate of drug-likeness (QED) is 0.608. The van der Waals surface area contributed by atoms with Crippen LogP contribution < -0.4 is 10.2 Å². The molecule has 2 unspecified atom stereocenters. The van der Waals surface area contributed by atoms with Crippen LogP contribution in [0.4, 0.5) is 18.9 Å². The Hall–Kier alpha value is -3.75. The molecule has 2 aliphatic rings. The summed E-state index contributed by atoms with van der Waals surface area (Å²) in [4.78, 5) is 35.8. The third-order valence-electron chi connectivity index (χ3n) is 6.51. The molecule has 2 atom stereocenters.